The van der Waals surface area contributed by atoms with Gasteiger partial charge in [-0.15, -0.1) is 6.58 Å². The lowest BCUT2D eigenvalue weighted by molar-refractivity contribution is 0.130. The van der Waals surface area contributed by atoms with Crippen molar-refractivity contribution < 1.29 is 9.50 Å². The van der Waals surface area contributed by atoms with Gasteiger partial charge in [0.25, 0.3) is 0 Å². The van der Waals surface area contributed by atoms with Gasteiger partial charge in [0.05, 0.1) is 31.0 Å². The molecule has 0 amide bonds. The third-order valence-corrected chi connectivity index (χ3v) is 6.13. The van der Waals surface area contributed by atoms with E-state index in [1.807, 2.05) is 27.0 Å². The zero-order chi connectivity index (χ0) is 28.8. The summed E-state index contributed by atoms with van der Waals surface area (Å²) < 4.78 is 10.7. The van der Waals surface area contributed by atoms with E-state index in [0.29, 0.717) is 19.0 Å². The molecule has 0 atom stereocenters. The largest absolute Gasteiger partial charge is 0.393 e. The summed E-state index contributed by atoms with van der Waals surface area (Å²) in [6.45, 7) is 20.6. The predicted molar refractivity (Wildman–Crippen MR) is 162 cm³/mol. The highest BCUT2D eigenvalue weighted by molar-refractivity contribution is 5.66. The van der Waals surface area contributed by atoms with Crippen molar-refractivity contribution in [3.8, 4) is 0 Å². The number of hydrogen-bond acceptors (Lipinski definition) is 8. The van der Waals surface area contributed by atoms with Crippen LogP contribution in [0.15, 0.2) is 56.2 Å². The summed E-state index contributed by atoms with van der Waals surface area (Å²) in [6, 6.07) is 0.388. The van der Waals surface area contributed by atoms with Gasteiger partial charge < -0.3 is 26.0 Å². The van der Waals surface area contributed by atoms with Crippen LogP contribution in [0, 0.1) is 0 Å². The maximum atomic E-state index is 10.7. The number of halogens is 1. The van der Waals surface area contributed by atoms with Crippen LogP contribution in [0.5, 0.6) is 0 Å². The SMILES string of the molecule is C=C/C=C\F.C=CCNCN(c1nc(N)ncc1NC)C1CCN(C(=C)C)CC1.CC.OC1CCCCC1. The van der Waals surface area contributed by atoms with Crippen LogP contribution >= 0.6 is 0 Å². The Morgan fingerprint density at radius 1 is 1.21 bits per heavy atom. The van der Waals surface area contributed by atoms with Crippen molar-refractivity contribution in [2.24, 2.45) is 0 Å². The second kappa shape index (κ2) is 22.1. The number of aliphatic hydroxyl groups excluding tert-OH is 1. The van der Waals surface area contributed by atoms with Crippen molar-refractivity contribution in [3.63, 3.8) is 0 Å². The molecule has 1 aliphatic heterocycles. The molecule has 1 saturated carbocycles. The molecule has 0 radical (unpaired) electrons. The first-order chi connectivity index (χ1) is 18.4. The molecule has 0 aromatic carbocycles. The van der Waals surface area contributed by atoms with E-state index in [1.165, 1.54) is 31.4 Å². The molecule has 1 saturated heterocycles. The van der Waals surface area contributed by atoms with Crippen LogP contribution in [0.3, 0.4) is 0 Å². The van der Waals surface area contributed by atoms with Gasteiger partial charge in [0.15, 0.2) is 5.82 Å². The minimum absolute atomic E-state index is 0.0359. The minimum atomic E-state index is 0.0359. The molecule has 2 fully saturated rings. The minimum Gasteiger partial charge on any atom is -0.393 e. The van der Waals surface area contributed by atoms with E-state index < -0.39 is 0 Å². The van der Waals surface area contributed by atoms with Crippen LogP contribution in [0.4, 0.5) is 21.8 Å². The molecule has 3 rings (SSSR count). The molecule has 38 heavy (non-hydrogen) atoms. The summed E-state index contributed by atoms with van der Waals surface area (Å²) in [7, 11) is 1.87. The molecule has 8 nitrogen and oxygen atoms in total. The molecular weight excluding hydrogens is 481 g/mol. The van der Waals surface area contributed by atoms with Gasteiger partial charge in [-0.3, -0.25) is 5.32 Å². The third kappa shape index (κ3) is 14.1. The average Bonchev–Trinajstić information content (AvgIpc) is 2.94. The molecule has 0 spiro atoms. The summed E-state index contributed by atoms with van der Waals surface area (Å²) in [5.41, 5.74) is 7.85. The molecule has 1 aromatic heterocycles. The highest BCUT2D eigenvalue weighted by atomic mass is 19.1. The molecule has 9 heteroatoms. The molecule has 2 aliphatic rings. The van der Waals surface area contributed by atoms with Crippen LogP contribution in [-0.2, 0) is 0 Å². The topological polar surface area (TPSA) is 103 Å². The van der Waals surface area contributed by atoms with E-state index in [9.17, 15) is 4.39 Å². The van der Waals surface area contributed by atoms with Gasteiger partial charge in [0.2, 0.25) is 5.95 Å². The van der Waals surface area contributed by atoms with E-state index in [1.54, 1.807) is 6.20 Å². The van der Waals surface area contributed by atoms with Crippen LogP contribution < -0.4 is 21.3 Å². The summed E-state index contributed by atoms with van der Waals surface area (Å²) in [5.74, 6) is 1.13. The molecule has 5 N–H and O–H groups in total. The number of hydrogen-bond donors (Lipinski definition) is 4. The summed E-state index contributed by atoms with van der Waals surface area (Å²) >= 11 is 0. The van der Waals surface area contributed by atoms with Crippen molar-refractivity contribution in [3.05, 3.63) is 56.2 Å². The number of nitrogens with two attached hydrogens (primary N) is 1. The normalized spacial score (nSPS) is 15.6. The number of aromatic nitrogens is 2. The lowest BCUT2D eigenvalue weighted by Gasteiger charge is -2.40. The zero-order valence-electron chi connectivity index (χ0n) is 24.1. The zero-order valence-corrected chi connectivity index (χ0v) is 24.1. The van der Waals surface area contributed by atoms with Crippen molar-refractivity contribution >= 4 is 17.5 Å². The summed E-state index contributed by atoms with van der Waals surface area (Å²) in [6.07, 6.45) is 14.7. The number of anilines is 3. The molecule has 0 unspecified atom stereocenters. The molecule has 1 aromatic rings. The number of rotatable bonds is 9. The number of aliphatic hydroxyl groups is 1. The van der Waals surface area contributed by atoms with Crippen molar-refractivity contribution in [2.75, 3.05) is 49.3 Å². The molecule has 216 valence electrons. The standard InChI is InChI=1S/C17H29N7.C6H12O.C4H5F.C2H6/c1-5-8-20-12-24(14-6-9-23(10-7-14)13(2)3)16-15(19-4)11-21-17(18)22-16;7-6-4-2-1-3-5-6;1-2-3-4-5;1-2/h5,11,14,19-20H,1-2,6-10,12H2,3-4H3,(H2,18,21,22);6-7H,1-5H2;2-4H,1H2;1-2H3/b;;4-3-;. The third-order valence-electron chi connectivity index (χ3n) is 6.13. The van der Waals surface area contributed by atoms with E-state index in [2.05, 4.69) is 57.1 Å². The van der Waals surface area contributed by atoms with Crippen molar-refractivity contribution in [2.45, 2.75) is 77.9 Å². The van der Waals surface area contributed by atoms with Crippen LogP contribution in [0.25, 0.3) is 0 Å². The fraction of sp³-hybridized carbons (Fsp3) is 0.586. The first-order valence-electron chi connectivity index (χ1n) is 13.7. The van der Waals surface area contributed by atoms with E-state index in [-0.39, 0.29) is 12.1 Å². The second-order valence-corrected chi connectivity index (χ2v) is 8.89. The van der Waals surface area contributed by atoms with Gasteiger partial charge in [-0.2, -0.15) is 4.98 Å². The highest BCUT2D eigenvalue weighted by Crippen LogP contribution is 2.28. The molecule has 1 aliphatic carbocycles. The Kier molecular flexibility index (Phi) is 20.4. The highest BCUT2D eigenvalue weighted by Gasteiger charge is 2.27. The lowest BCUT2D eigenvalue weighted by atomic mass is 9.98. The predicted octanol–water partition coefficient (Wildman–Crippen LogP) is 5.63. The summed E-state index contributed by atoms with van der Waals surface area (Å²) in [5, 5.41) is 15.5. The van der Waals surface area contributed by atoms with Crippen LogP contribution in [0.2, 0.25) is 0 Å². The van der Waals surface area contributed by atoms with E-state index >= 15 is 0 Å². The maximum absolute atomic E-state index is 10.7. The Balaban J connectivity index is 0.000000799. The number of nitrogens with zero attached hydrogens (tertiary/aromatic N) is 4. The Bertz CT molecular complexity index is 804. The Morgan fingerprint density at radius 3 is 2.26 bits per heavy atom. The van der Waals surface area contributed by atoms with Gasteiger partial charge in [-0.05, 0) is 38.7 Å². The lowest BCUT2D eigenvalue weighted by Crippen LogP contribution is -2.48. The van der Waals surface area contributed by atoms with Gasteiger partial charge in [0, 0.05) is 38.4 Å². The van der Waals surface area contributed by atoms with E-state index in [0.717, 1.165) is 62.5 Å². The van der Waals surface area contributed by atoms with Gasteiger partial charge in [0.1, 0.15) is 0 Å². The van der Waals surface area contributed by atoms with Gasteiger partial charge >= 0.3 is 0 Å². The van der Waals surface area contributed by atoms with Crippen LogP contribution in [0.1, 0.15) is 65.7 Å². The number of piperidine rings is 1. The van der Waals surface area contributed by atoms with Gasteiger partial charge in [-0.25, -0.2) is 9.37 Å². The monoisotopic (exact) mass is 533 g/mol. The number of allylic oxidation sites excluding steroid dienone is 3. The average molecular weight is 534 g/mol. The van der Waals surface area contributed by atoms with Crippen molar-refractivity contribution in [1.82, 2.24) is 20.2 Å². The molecule has 0 bridgehead atoms. The van der Waals surface area contributed by atoms with Gasteiger partial charge in [-0.1, -0.05) is 58.4 Å². The Morgan fingerprint density at radius 2 is 1.84 bits per heavy atom. The smallest absolute Gasteiger partial charge is 0.222 e. The quantitative estimate of drug-likeness (QED) is 0.140. The first kappa shape index (κ1) is 35.1. The number of nitrogen functional groups attached to an aromatic ring is 1. The number of nitrogens with one attached hydrogen (secondary N) is 2. The first-order valence-corrected chi connectivity index (χ1v) is 13.7. The van der Waals surface area contributed by atoms with Crippen LogP contribution in [-0.4, -0.2) is 65.5 Å². The Hall–Kier alpha value is -2.91. The number of likely N-dealkylation sites (tertiary alicyclic amines) is 1. The summed E-state index contributed by atoms with van der Waals surface area (Å²) in [4.78, 5) is 13.2. The van der Waals surface area contributed by atoms with E-state index in [4.69, 9.17) is 10.8 Å². The maximum Gasteiger partial charge on any atom is 0.222 e. The molecular formula is C29H52FN7O. The Labute approximate surface area is 230 Å². The fourth-order valence-corrected chi connectivity index (χ4v) is 4.14. The second-order valence-electron chi connectivity index (χ2n) is 8.89. The molecule has 2 heterocycles. The van der Waals surface area contributed by atoms with Crippen molar-refractivity contribution in [1.29, 1.82) is 0 Å². The fourth-order valence-electron chi connectivity index (χ4n) is 4.14.